The third-order valence-electron chi connectivity index (χ3n) is 6.82. The molecule has 39 heavy (non-hydrogen) atoms. The molecule has 2 fully saturated rings. The van der Waals surface area contributed by atoms with Crippen molar-refractivity contribution in [2.45, 2.75) is 64.2 Å². The Balaban J connectivity index is 1.34. The van der Waals surface area contributed by atoms with Gasteiger partial charge in [-0.05, 0) is 68.2 Å². The van der Waals surface area contributed by atoms with Gasteiger partial charge in [-0.1, -0.05) is 54.6 Å². The van der Waals surface area contributed by atoms with Crippen molar-refractivity contribution in [3.05, 3.63) is 95.4 Å². The van der Waals surface area contributed by atoms with Crippen molar-refractivity contribution in [1.29, 1.82) is 0 Å². The van der Waals surface area contributed by atoms with Crippen LogP contribution in [-0.2, 0) is 32.0 Å². The fourth-order valence-electron chi connectivity index (χ4n) is 4.84. The minimum absolute atomic E-state index is 0.240. The highest BCUT2D eigenvalue weighted by Crippen LogP contribution is 2.39. The van der Waals surface area contributed by atoms with Crippen LogP contribution < -0.4 is 5.32 Å². The van der Waals surface area contributed by atoms with Gasteiger partial charge in [0.15, 0.2) is 17.2 Å². The van der Waals surface area contributed by atoms with E-state index in [1.54, 1.807) is 18.3 Å². The van der Waals surface area contributed by atoms with Gasteiger partial charge in [0.2, 0.25) is 0 Å². The van der Waals surface area contributed by atoms with E-state index in [1.165, 1.54) is 6.07 Å². The van der Waals surface area contributed by atoms with E-state index < -0.39 is 24.3 Å². The summed E-state index contributed by atoms with van der Waals surface area (Å²) in [6, 6.07) is 20.6. The standard InChI is InChI=1S/C30H34FN3O4S/c1-20-13-14-25(32-17-20)33-29(39)34(16-15-22-11-7-8-12-23(22)31)18-24-26(35-19-21-9-5-4-6-10-21)27-28(36-24)38-30(2,3)37-27/h4-14,17,24,26-28H,15-16,18-19H2,1-3H3,(H,32,33,39)/t24-,26+,27-,28-/m1/s1. The van der Waals surface area contributed by atoms with E-state index in [0.29, 0.717) is 42.6 Å². The molecule has 4 atom stereocenters. The molecule has 3 aromatic rings. The first-order valence-corrected chi connectivity index (χ1v) is 13.6. The van der Waals surface area contributed by atoms with Crippen molar-refractivity contribution in [3.63, 3.8) is 0 Å². The number of aromatic nitrogens is 1. The second kappa shape index (κ2) is 12.1. The van der Waals surface area contributed by atoms with Crippen molar-refractivity contribution < 1.29 is 23.3 Å². The molecule has 2 aromatic carbocycles. The summed E-state index contributed by atoms with van der Waals surface area (Å²) in [4.78, 5) is 6.40. The third kappa shape index (κ3) is 6.98. The molecule has 2 saturated heterocycles. The van der Waals surface area contributed by atoms with E-state index in [1.807, 2.05) is 74.2 Å². The number of nitrogens with zero attached hydrogens (tertiary/aromatic N) is 2. The van der Waals surface area contributed by atoms with E-state index in [2.05, 4.69) is 10.3 Å². The second-order valence-electron chi connectivity index (χ2n) is 10.3. The van der Waals surface area contributed by atoms with E-state index in [9.17, 15) is 4.39 Å². The van der Waals surface area contributed by atoms with Gasteiger partial charge in [0, 0.05) is 19.3 Å². The molecule has 2 aliphatic rings. The van der Waals surface area contributed by atoms with Crippen LogP contribution in [0.4, 0.5) is 10.2 Å². The minimum atomic E-state index is -0.771. The number of thiocarbonyl (C=S) groups is 1. The zero-order chi connectivity index (χ0) is 27.4. The number of anilines is 1. The number of hydrogen-bond donors (Lipinski definition) is 1. The predicted molar refractivity (Wildman–Crippen MR) is 151 cm³/mol. The van der Waals surface area contributed by atoms with Gasteiger partial charge in [0.1, 0.15) is 29.9 Å². The lowest BCUT2D eigenvalue weighted by Gasteiger charge is -2.32. The molecule has 2 aliphatic heterocycles. The Labute approximate surface area is 234 Å². The quantitative estimate of drug-likeness (QED) is 0.363. The Hall–Kier alpha value is -2.95. The summed E-state index contributed by atoms with van der Waals surface area (Å²) in [5.41, 5.74) is 2.72. The van der Waals surface area contributed by atoms with Crippen LogP contribution in [0.15, 0.2) is 72.9 Å². The van der Waals surface area contributed by atoms with Crippen molar-refractivity contribution >= 4 is 23.1 Å². The Morgan fingerprint density at radius 2 is 1.85 bits per heavy atom. The number of rotatable bonds is 9. The van der Waals surface area contributed by atoms with E-state index >= 15 is 0 Å². The first kappa shape index (κ1) is 27.6. The molecule has 1 N–H and O–H groups in total. The Bertz CT molecular complexity index is 1260. The summed E-state index contributed by atoms with van der Waals surface area (Å²) in [6.45, 7) is 6.98. The topological polar surface area (TPSA) is 65.1 Å². The molecular weight excluding hydrogens is 517 g/mol. The van der Waals surface area contributed by atoms with Crippen LogP contribution in [0.1, 0.15) is 30.5 Å². The highest BCUT2D eigenvalue weighted by molar-refractivity contribution is 7.80. The maximum Gasteiger partial charge on any atom is 0.190 e. The number of halogens is 1. The number of nitrogens with one attached hydrogen (secondary N) is 1. The van der Waals surface area contributed by atoms with E-state index in [4.69, 9.17) is 31.2 Å². The largest absolute Gasteiger partial charge is 0.368 e. The van der Waals surface area contributed by atoms with Crippen molar-refractivity contribution in [3.8, 4) is 0 Å². The molecule has 0 saturated carbocycles. The van der Waals surface area contributed by atoms with Crippen LogP contribution in [0.5, 0.6) is 0 Å². The van der Waals surface area contributed by atoms with Gasteiger partial charge in [-0.2, -0.15) is 0 Å². The summed E-state index contributed by atoms with van der Waals surface area (Å²) in [7, 11) is 0. The number of aryl methyl sites for hydroxylation is 1. The molecule has 9 heteroatoms. The van der Waals surface area contributed by atoms with E-state index in [-0.39, 0.29) is 11.9 Å². The maximum absolute atomic E-state index is 14.4. The van der Waals surface area contributed by atoms with Crippen LogP contribution in [0.2, 0.25) is 0 Å². The molecule has 0 radical (unpaired) electrons. The van der Waals surface area contributed by atoms with Crippen LogP contribution >= 0.6 is 12.2 Å². The summed E-state index contributed by atoms with van der Waals surface area (Å²) in [5.74, 6) is -0.375. The van der Waals surface area contributed by atoms with Gasteiger partial charge in [0.25, 0.3) is 0 Å². The highest BCUT2D eigenvalue weighted by atomic mass is 32.1. The number of ether oxygens (including phenoxy) is 4. The number of pyridine rings is 1. The Kier molecular flexibility index (Phi) is 8.54. The summed E-state index contributed by atoms with van der Waals surface area (Å²) >= 11 is 5.81. The average molecular weight is 552 g/mol. The molecule has 0 unspecified atom stereocenters. The second-order valence-corrected chi connectivity index (χ2v) is 10.7. The molecule has 1 aromatic heterocycles. The monoisotopic (exact) mass is 551 g/mol. The summed E-state index contributed by atoms with van der Waals surface area (Å²) in [6.07, 6.45) is 0.506. The fourth-order valence-corrected chi connectivity index (χ4v) is 5.11. The third-order valence-corrected chi connectivity index (χ3v) is 7.18. The van der Waals surface area contributed by atoms with Gasteiger partial charge in [-0.15, -0.1) is 0 Å². The van der Waals surface area contributed by atoms with Gasteiger partial charge in [0.05, 0.1) is 6.61 Å². The van der Waals surface area contributed by atoms with Gasteiger partial charge >= 0.3 is 0 Å². The molecule has 206 valence electrons. The number of fused-ring (bicyclic) bond motifs is 1. The van der Waals surface area contributed by atoms with Crippen molar-refractivity contribution in [2.75, 3.05) is 18.4 Å². The van der Waals surface area contributed by atoms with Crippen molar-refractivity contribution in [1.82, 2.24) is 9.88 Å². The molecule has 0 spiro atoms. The first-order chi connectivity index (χ1) is 18.8. The normalized spacial score (nSPS) is 23.4. The number of hydrogen-bond acceptors (Lipinski definition) is 6. The Morgan fingerprint density at radius 3 is 2.59 bits per heavy atom. The lowest BCUT2D eigenvalue weighted by molar-refractivity contribution is -0.219. The molecule has 3 heterocycles. The smallest absolute Gasteiger partial charge is 0.190 e. The van der Waals surface area contributed by atoms with Crippen LogP contribution in [0.3, 0.4) is 0 Å². The van der Waals surface area contributed by atoms with Crippen LogP contribution in [0.25, 0.3) is 0 Å². The van der Waals surface area contributed by atoms with Crippen LogP contribution in [0, 0.1) is 12.7 Å². The SMILES string of the molecule is Cc1ccc(NC(=S)N(CCc2ccccc2F)C[C@H]2O[C@@H]3OC(C)(C)O[C@@H]3[C@H]2OCc2ccccc2)nc1. The molecule has 0 aliphatic carbocycles. The fraction of sp³-hybridized carbons (Fsp3) is 0.400. The summed E-state index contributed by atoms with van der Waals surface area (Å²) < 4.78 is 39.4. The van der Waals surface area contributed by atoms with Crippen molar-refractivity contribution in [2.24, 2.45) is 0 Å². The molecular formula is C30H34FN3O4S. The van der Waals surface area contributed by atoms with Crippen LogP contribution in [-0.4, -0.2) is 58.5 Å². The summed E-state index contributed by atoms with van der Waals surface area (Å²) in [5, 5.41) is 3.69. The van der Waals surface area contributed by atoms with E-state index in [0.717, 1.165) is 11.1 Å². The minimum Gasteiger partial charge on any atom is -0.368 e. The molecule has 0 bridgehead atoms. The maximum atomic E-state index is 14.4. The predicted octanol–water partition coefficient (Wildman–Crippen LogP) is 5.23. The average Bonchev–Trinajstić information content (AvgIpc) is 3.38. The molecule has 5 rings (SSSR count). The molecule has 7 nitrogen and oxygen atoms in total. The lowest BCUT2D eigenvalue weighted by Crippen LogP contribution is -2.47. The van der Waals surface area contributed by atoms with Gasteiger partial charge in [-0.25, -0.2) is 9.37 Å². The lowest BCUT2D eigenvalue weighted by atomic mass is 10.1. The first-order valence-electron chi connectivity index (χ1n) is 13.2. The van der Waals surface area contributed by atoms with Gasteiger partial charge in [-0.3, -0.25) is 0 Å². The molecule has 0 amide bonds. The Morgan fingerprint density at radius 1 is 1.08 bits per heavy atom. The number of benzene rings is 2. The van der Waals surface area contributed by atoms with Gasteiger partial charge < -0.3 is 29.2 Å². The zero-order valence-electron chi connectivity index (χ0n) is 22.4. The zero-order valence-corrected chi connectivity index (χ0v) is 23.2. The highest BCUT2D eigenvalue weighted by Gasteiger charge is 2.55.